The number of fused-ring (bicyclic) bond motifs is 23. The third kappa shape index (κ3) is 4.98. The van der Waals surface area contributed by atoms with Crippen molar-refractivity contribution < 1.29 is 4.74 Å². The van der Waals surface area contributed by atoms with Crippen LogP contribution in [0, 0.1) is 0 Å². The van der Waals surface area contributed by atoms with E-state index in [1.807, 2.05) is 0 Å². The van der Waals surface area contributed by atoms with E-state index in [4.69, 9.17) is 4.74 Å². The van der Waals surface area contributed by atoms with E-state index in [1.165, 1.54) is 66.8 Å². The summed E-state index contributed by atoms with van der Waals surface area (Å²) in [6.07, 6.45) is 0. The third-order valence-corrected chi connectivity index (χ3v) is 16.5. The highest BCUT2D eigenvalue weighted by molar-refractivity contribution is 6.05. The van der Waals surface area contributed by atoms with Crippen LogP contribution in [-0.2, 0) is 10.8 Å². The topological polar surface area (TPSA) is 12.5 Å². The van der Waals surface area contributed by atoms with Gasteiger partial charge in [-0.15, -0.1) is 0 Å². The molecule has 334 valence electrons. The molecule has 0 atom stereocenters. The Balaban J connectivity index is 1.02. The first kappa shape index (κ1) is 39.6. The number of rotatable bonds is 4. The predicted octanol–water partition coefficient (Wildman–Crippen LogP) is 17.9. The summed E-state index contributed by atoms with van der Waals surface area (Å²) >= 11 is 0. The van der Waals surface area contributed by atoms with Gasteiger partial charge in [-0.2, -0.15) is 0 Å². The van der Waals surface area contributed by atoms with Crippen molar-refractivity contribution in [2.24, 2.45) is 0 Å². The van der Waals surface area contributed by atoms with Gasteiger partial charge in [-0.3, -0.25) is 0 Å². The molecule has 0 saturated heterocycles. The Kier molecular flexibility index (Phi) is 8.05. The molecule has 3 aliphatic carbocycles. The molecule has 2 spiro atoms. The minimum Gasteiger partial charge on any atom is -0.455 e. The second-order valence-corrected chi connectivity index (χ2v) is 19.8. The van der Waals surface area contributed by atoms with Crippen molar-refractivity contribution in [3.63, 3.8) is 0 Å². The summed E-state index contributed by atoms with van der Waals surface area (Å²) in [4.78, 5) is 2.57. The maximum absolute atomic E-state index is 7.36. The Morgan fingerprint density at radius 3 is 1.33 bits per heavy atom. The molecule has 2 nitrogen and oxygen atoms in total. The van der Waals surface area contributed by atoms with Crippen LogP contribution in [0.1, 0.15) is 44.5 Å². The van der Waals surface area contributed by atoms with Crippen LogP contribution >= 0.6 is 0 Å². The van der Waals surface area contributed by atoms with E-state index in [0.717, 1.165) is 72.4 Å². The lowest BCUT2D eigenvalue weighted by molar-refractivity contribution is 0.447. The van der Waals surface area contributed by atoms with Gasteiger partial charge < -0.3 is 9.64 Å². The van der Waals surface area contributed by atoms with Crippen molar-refractivity contribution in [1.29, 1.82) is 0 Å². The van der Waals surface area contributed by atoms with E-state index >= 15 is 0 Å². The first-order valence-corrected chi connectivity index (χ1v) is 25.1. The van der Waals surface area contributed by atoms with Crippen LogP contribution in [0.15, 0.2) is 261 Å². The van der Waals surface area contributed by atoms with Gasteiger partial charge >= 0.3 is 0 Å². The molecule has 0 amide bonds. The largest absolute Gasteiger partial charge is 0.455 e. The van der Waals surface area contributed by atoms with Crippen LogP contribution < -0.4 is 9.64 Å². The molecule has 0 saturated carbocycles. The van der Waals surface area contributed by atoms with Crippen molar-refractivity contribution in [3.05, 3.63) is 305 Å². The van der Waals surface area contributed by atoms with Crippen molar-refractivity contribution in [1.82, 2.24) is 0 Å². The van der Waals surface area contributed by atoms with Crippen LogP contribution in [0.3, 0.4) is 0 Å². The molecule has 0 N–H and O–H groups in total. The van der Waals surface area contributed by atoms with Crippen LogP contribution in [0.2, 0.25) is 0 Å². The molecule has 1 aliphatic heterocycles. The molecule has 0 unspecified atom stereocenters. The monoisotopic (exact) mass is 913 g/mol. The van der Waals surface area contributed by atoms with E-state index in [0.29, 0.717) is 0 Å². The standard InChI is InChI=1S/C70H43NO/c1-2-19-44(20-3-1)48-23-12-17-35-64(48)71(47-39-40-54-53-28-10-15-32-58(53)69(63(54)43-47)56-30-13-8-26-51(56)52-27-9-14-31-57(52)69)65-36-18-34-60-66(65)55-29-11-16-33-59(55)70(60)61-41-37-45-21-4-6-24-49(45)67(61)72-68-50-25-7-5-22-46(50)38-42-62(68)70/h1-43H. The summed E-state index contributed by atoms with van der Waals surface area (Å²) in [5.74, 6) is 1.83. The number of ether oxygens (including phenoxy) is 1. The fraction of sp³-hybridized carbons (Fsp3) is 0.0286. The molecule has 12 aromatic carbocycles. The van der Waals surface area contributed by atoms with Crippen LogP contribution in [0.5, 0.6) is 11.5 Å². The zero-order valence-electron chi connectivity index (χ0n) is 39.2. The average Bonchev–Trinajstić information content (AvgIpc) is 4.04. The summed E-state index contributed by atoms with van der Waals surface area (Å²) in [6, 6.07) is 97.3. The maximum atomic E-state index is 7.36. The molecule has 1 heterocycles. The van der Waals surface area contributed by atoms with E-state index in [2.05, 4.69) is 266 Å². The smallest absolute Gasteiger partial charge is 0.140 e. The Bertz CT molecular complexity index is 4130. The number of hydrogen-bond donors (Lipinski definition) is 0. The first-order chi connectivity index (χ1) is 35.7. The lowest BCUT2D eigenvalue weighted by Crippen LogP contribution is -2.32. The predicted molar refractivity (Wildman–Crippen MR) is 295 cm³/mol. The van der Waals surface area contributed by atoms with Gasteiger partial charge in [0.15, 0.2) is 0 Å². The molecule has 0 radical (unpaired) electrons. The second-order valence-electron chi connectivity index (χ2n) is 19.8. The second kappa shape index (κ2) is 14.6. The minimum absolute atomic E-state index is 0.504. The van der Waals surface area contributed by atoms with Crippen molar-refractivity contribution in [2.45, 2.75) is 10.8 Å². The summed E-state index contributed by atoms with van der Waals surface area (Å²) in [7, 11) is 0. The van der Waals surface area contributed by atoms with E-state index in [-0.39, 0.29) is 0 Å². The highest BCUT2D eigenvalue weighted by atomic mass is 16.5. The first-order valence-electron chi connectivity index (χ1n) is 25.1. The van der Waals surface area contributed by atoms with Gasteiger partial charge in [0.1, 0.15) is 11.5 Å². The zero-order chi connectivity index (χ0) is 47.1. The van der Waals surface area contributed by atoms with Gasteiger partial charge in [0.05, 0.1) is 22.2 Å². The number of para-hydroxylation sites is 1. The molecular weight excluding hydrogens is 871 g/mol. The molecule has 4 aliphatic rings. The lowest BCUT2D eigenvalue weighted by Gasteiger charge is -2.40. The molecule has 2 heteroatoms. The van der Waals surface area contributed by atoms with E-state index in [9.17, 15) is 0 Å². The summed E-state index contributed by atoms with van der Waals surface area (Å²) in [5.41, 5.74) is 22.1. The highest BCUT2D eigenvalue weighted by Gasteiger charge is 2.54. The fourth-order valence-electron chi connectivity index (χ4n) is 13.8. The Morgan fingerprint density at radius 1 is 0.278 bits per heavy atom. The van der Waals surface area contributed by atoms with Gasteiger partial charge in [-0.1, -0.05) is 237 Å². The van der Waals surface area contributed by atoms with Crippen molar-refractivity contribution in [3.8, 4) is 56.0 Å². The van der Waals surface area contributed by atoms with Crippen LogP contribution in [-0.4, -0.2) is 0 Å². The van der Waals surface area contributed by atoms with Crippen LogP contribution in [0.4, 0.5) is 17.1 Å². The lowest BCUT2D eigenvalue weighted by atomic mass is 9.65. The Morgan fingerprint density at radius 2 is 0.722 bits per heavy atom. The molecule has 72 heavy (non-hydrogen) atoms. The molecular formula is C70H43NO. The Labute approximate surface area is 418 Å². The summed E-state index contributed by atoms with van der Waals surface area (Å²) in [5, 5.41) is 4.53. The molecule has 0 fully saturated rings. The summed E-state index contributed by atoms with van der Waals surface area (Å²) in [6.45, 7) is 0. The average molecular weight is 914 g/mol. The van der Waals surface area contributed by atoms with Gasteiger partial charge in [0.25, 0.3) is 0 Å². The van der Waals surface area contributed by atoms with Crippen molar-refractivity contribution in [2.75, 3.05) is 4.90 Å². The quantitative estimate of drug-likeness (QED) is 0.174. The third-order valence-electron chi connectivity index (χ3n) is 16.5. The van der Waals surface area contributed by atoms with E-state index < -0.39 is 10.8 Å². The SMILES string of the molecule is c1ccc(-c2ccccc2N(c2ccc3c(c2)C2(c4ccccc4-c4ccccc42)c2ccccc2-3)c2cccc3c2-c2ccccc2C32c3ccc4ccccc4c3Oc3c2ccc2ccccc32)cc1. The highest BCUT2D eigenvalue weighted by Crippen LogP contribution is 2.67. The maximum Gasteiger partial charge on any atom is 0.140 e. The molecule has 16 rings (SSSR count). The Hall–Kier alpha value is -9.24. The van der Waals surface area contributed by atoms with E-state index in [1.54, 1.807) is 0 Å². The number of benzene rings is 12. The van der Waals surface area contributed by atoms with Crippen LogP contribution in [0.25, 0.3) is 66.1 Å². The molecule has 0 bridgehead atoms. The molecule has 0 aromatic heterocycles. The zero-order valence-corrected chi connectivity index (χ0v) is 39.2. The number of anilines is 3. The fourth-order valence-corrected chi connectivity index (χ4v) is 13.8. The number of nitrogens with zero attached hydrogens (tertiary/aromatic N) is 1. The normalized spacial score (nSPS) is 14.2. The number of hydrogen-bond acceptors (Lipinski definition) is 2. The van der Waals surface area contributed by atoms with Gasteiger partial charge in [0, 0.05) is 38.7 Å². The minimum atomic E-state index is -0.704. The van der Waals surface area contributed by atoms with Gasteiger partial charge in [-0.05, 0) is 102 Å². The molecule has 12 aromatic rings. The van der Waals surface area contributed by atoms with Crippen molar-refractivity contribution >= 4 is 38.6 Å². The van der Waals surface area contributed by atoms with Gasteiger partial charge in [-0.25, -0.2) is 0 Å². The summed E-state index contributed by atoms with van der Waals surface area (Å²) < 4.78 is 7.36. The van der Waals surface area contributed by atoms with Gasteiger partial charge in [0.2, 0.25) is 0 Å².